The van der Waals surface area contributed by atoms with Crippen molar-refractivity contribution >= 4 is 22.7 Å². The van der Waals surface area contributed by atoms with E-state index in [0.717, 1.165) is 54.3 Å². The number of nitrogens with one attached hydrogen (secondary N) is 1. The van der Waals surface area contributed by atoms with E-state index in [1.54, 1.807) is 9.80 Å². The summed E-state index contributed by atoms with van der Waals surface area (Å²) < 4.78 is 39.3. The molecular formula is C32H42F3N3O2. The topological polar surface area (TPSA) is 56.4 Å². The average Bonchev–Trinajstić information content (AvgIpc) is 3.33. The number of rotatable bonds is 14. The first-order valence-corrected chi connectivity index (χ1v) is 14.3. The van der Waals surface area contributed by atoms with E-state index in [4.69, 9.17) is 0 Å². The molecule has 0 fully saturated rings. The highest BCUT2D eigenvalue weighted by molar-refractivity contribution is 5.86. The van der Waals surface area contributed by atoms with Crippen molar-refractivity contribution < 1.29 is 22.8 Å². The second-order valence-electron chi connectivity index (χ2n) is 11.0. The molecule has 1 aromatic heterocycles. The Hall–Kier alpha value is -3.29. The first-order valence-electron chi connectivity index (χ1n) is 14.3. The van der Waals surface area contributed by atoms with Gasteiger partial charge in [0.05, 0.1) is 12.1 Å². The number of hydrogen-bond donors (Lipinski definition) is 1. The standard InChI is InChI=1S/C32H42F3N3O2/c1-5-7-10-25(6-2)31(40)38(20-23(3)4)22-30(39)37(21-24-13-15-27(16-14-24)32(33,34)35)18-17-26-19-36-29-12-9-8-11-28(26)29/h8-9,11-16,19,23,25,36H,5-7,10,17-18,20-22H2,1-4H3/t25-/m0/s1. The first kappa shape index (κ1) is 31.2. The zero-order valence-electron chi connectivity index (χ0n) is 24.1. The maximum atomic E-state index is 13.8. The van der Waals surface area contributed by atoms with Gasteiger partial charge in [-0.2, -0.15) is 13.2 Å². The van der Waals surface area contributed by atoms with Gasteiger partial charge in [-0.25, -0.2) is 0 Å². The van der Waals surface area contributed by atoms with Crippen LogP contribution in [0.1, 0.15) is 70.1 Å². The van der Waals surface area contributed by atoms with Crippen molar-refractivity contribution in [1.29, 1.82) is 0 Å². The van der Waals surface area contributed by atoms with Crippen LogP contribution in [0, 0.1) is 11.8 Å². The van der Waals surface area contributed by atoms with Crippen LogP contribution in [0.15, 0.2) is 54.7 Å². The number of unbranched alkanes of at least 4 members (excludes halogenated alkanes) is 1. The summed E-state index contributed by atoms with van der Waals surface area (Å²) in [4.78, 5) is 33.9. The summed E-state index contributed by atoms with van der Waals surface area (Å²) in [5.41, 5.74) is 1.95. The molecule has 1 N–H and O–H groups in total. The number of carbonyl (C=O) groups excluding carboxylic acids is 2. The van der Waals surface area contributed by atoms with Gasteiger partial charge in [0.15, 0.2) is 0 Å². The number of H-pyrrole nitrogens is 1. The van der Waals surface area contributed by atoms with Gasteiger partial charge in [-0.3, -0.25) is 9.59 Å². The molecule has 1 heterocycles. The molecule has 5 nitrogen and oxygen atoms in total. The van der Waals surface area contributed by atoms with Crippen LogP contribution in [-0.4, -0.2) is 46.2 Å². The Labute approximate surface area is 235 Å². The SMILES string of the molecule is CCCC[C@H](CC)C(=O)N(CC(=O)N(CCc1c[nH]c2ccccc12)Cc1ccc(C(F)(F)F)cc1)CC(C)C. The highest BCUT2D eigenvalue weighted by atomic mass is 19.4. The first-order chi connectivity index (χ1) is 19.0. The van der Waals surface area contributed by atoms with Crippen LogP contribution in [0.2, 0.25) is 0 Å². The Morgan fingerprint density at radius 1 is 0.975 bits per heavy atom. The van der Waals surface area contributed by atoms with E-state index >= 15 is 0 Å². The van der Waals surface area contributed by atoms with E-state index in [1.165, 1.54) is 12.1 Å². The number of halogens is 3. The summed E-state index contributed by atoms with van der Waals surface area (Å²) in [6.45, 7) is 9.11. The van der Waals surface area contributed by atoms with Gasteiger partial charge >= 0.3 is 6.18 Å². The van der Waals surface area contributed by atoms with E-state index in [0.29, 0.717) is 25.1 Å². The van der Waals surface area contributed by atoms with Gasteiger partial charge in [0.2, 0.25) is 11.8 Å². The van der Waals surface area contributed by atoms with Gasteiger partial charge in [-0.1, -0.05) is 70.9 Å². The van der Waals surface area contributed by atoms with Crippen molar-refractivity contribution in [3.63, 3.8) is 0 Å². The summed E-state index contributed by atoms with van der Waals surface area (Å²) in [7, 11) is 0. The van der Waals surface area contributed by atoms with Gasteiger partial charge in [0.1, 0.15) is 0 Å². The molecule has 3 aromatic rings. The molecule has 0 aliphatic carbocycles. The quantitative estimate of drug-likeness (QED) is 0.224. The smallest absolute Gasteiger partial charge is 0.361 e. The van der Waals surface area contributed by atoms with Gasteiger partial charge in [0.25, 0.3) is 0 Å². The molecule has 3 rings (SSSR count). The Bertz CT molecular complexity index is 1230. The molecule has 1 atom stereocenters. The van der Waals surface area contributed by atoms with Gasteiger partial charge in [-0.15, -0.1) is 0 Å². The molecule has 2 aromatic carbocycles. The molecule has 0 unspecified atom stereocenters. The molecule has 0 saturated carbocycles. The third kappa shape index (κ3) is 8.60. The molecule has 218 valence electrons. The Kier molecular flexibility index (Phi) is 11.2. The number of carbonyl (C=O) groups is 2. The van der Waals surface area contributed by atoms with E-state index in [1.807, 2.05) is 51.2 Å². The van der Waals surface area contributed by atoms with E-state index in [-0.39, 0.29) is 36.7 Å². The lowest BCUT2D eigenvalue weighted by atomic mass is 9.97. The molecule has 0 saturated heterocycles. The molecule has 0 aliphatic heterocycles. The highest BCUT2D eigenvalue weighted by Gasteiger charge is 2.30. The van der Waals surface area contributed by atoms with Crippen LogP contribution < -0.4 is 0 Å². The highest BCUT2D eigenvalue weighted by Crippen LogP contribution is 2.29. The van der Waals surface area contributed by atoms with Crippen molar-refractivity contribution in [1.82, 2.24) is 14.8 Å². The lowest BCUT2D eigenvalue weighted by Gasteiger charge is -2.31. The molecule has 0 spiro atoms. The van der Waals surface area contributed by atoms with Gasteiger partial charge in [-0.05, 0) is 54.5 Å². The normalized spacial score (nSPS) is 12.6. The number of amides is 2. The minimum atomic E-state index is -4.42. The maximum absolute atomic E-state index is 13.8. The maximum Gasteiger partial charge on any atom is 0.416 e. The predicted molar refractivity (Wildman–Crippen MR) is 154 cm³/mol. The zero-order valence-corrected chi connectivity index (χ0v) is 24.1. The fourth-order valence-corrected chi connectivity index (χ4v) is 5.05. The molecular weight excluding hydrogens is 515 g/mol. The molecule has 8 heteroatoms. The third-order valence-electron chi connectivity index (χ3n) is 7.30. The molecule has 0 aliphatic rings. The number of hydrogen-bond acceptors (Lipinski definition) is 2. The van der Waals surface area contributed by atoms with E-state index < -0.39 is 11.7 Å². The molecule has 0 radical (unpaired) electrons. The largest absolute Gasteiger partial charge is 0.416 e. The Morgan fingerprint density at radius 2 is 1.68 bits per heavy atom. The molecule has 0 bridgehead atoms. The molecule has 2 amide bonds. The average molecular weight is 558 g/mol. The Balaban J connectivity index is 1.83. The molecule has 40 heavy (non-hydrogen) atoms. The minimum Gasteiger partial charge on any atom is -0.361 e. The van der Waals surface area contributed by atoms with Crippen molar-refractivity contribution in [3.8, 4) is 0 Å². The van der Waals surface area contributed by atoms with Gasteiger partial charge in [0, 0.05) is 42.7 Å². The summed E-state index contributed by atoms with van der Waals surface area (Å²) in [5, 5.41) is 1.07. The van der Waals surface area contributed by atoms with Crippen LogP contribution in [0.5, 0.6) is 0 Å². The summed E-state index contributed by atoms with van der Waals surface area (Å²) in [6, 6.07) is 12.9. The Morgan fingerprint density at radius 3 is 2.30 bits per heavy atom. The van der Waals surface area contributed by atoms with Gasteiger partial charge < -0.3 is 14.8 Å². The lowest BCUT2D eigenvalue weighted by molar-refractivity contribution is -0.144. The van der Waals surface area contributed by atoms with Crippen LogP contribution >= 0.6 is 0 Å². The summed E-state index contributed by atoms with van der Waals surface area (Å²) in [6.07, 6.45) is 1.55. The number of benzene rings is 2. The van der Waals surface area contributed by atoms with Crippen LogP contribution in [0.25, 0.3) is 10.9 Å². The monoisotopic (exact) mass is 557 g/mol. The number of fused-ring (bicyclic) bond motifs is 1. The van der Waals surface area contributed by atoms with Crippen molar-refractivity contribution in [2.75, 3.05) is 19.6 Å². The van der Waals surface area contributed by atoms with Crippen LogP contribution in [0.3, 0.4) is 0 Å². The number of aromatic nitrogens is 1. The lowest BCUT2D eigenvalue weighted by Crippen LogP contribution is -2.46. The second kappa shape index (κ2) is 14.4. The fourth-order valence-electron chi connectivity index (χ4n) is 5.05. The predicted octanol–water partition coefficient (Wildman–Crippen LogP) is 7.46. The second-order valence-corrected chi connectivity index (χ2v) is 11.0. The van der Waals surface area contributed by atoms with E-state index in [9.17, 15) is 22.8 Å². The summed E-state index contributed by atoms with van der Waals surface area (Å²) in [5.74, 6) is -0.140. The third-order valence-corrected chi connectivity index (χ3v) is 7.30. The van der Waals surface area contributed by atoms with Crippen molar-refractivity contribution in [3.05, 3.63) is 71.4 Å². The number of aromatic amines is 1. The fraction of sp³-hybridized carbons (Fsp3) is 0.500. The minimum absolute atomic E-state index is 0.00380. The summed E-state index contributed by atoms with van der Waals surface area (Å²) >= 11 is 0. The zero-order chi connectivity index (χ0) is 29.3. The van der Waals surface area contributed by atoms with Crippen LogP contribution in [-0.2, 0) is 28.7 Å². The van der Waals surface area contributed by atoms with Crippen LogP contribution in [0.4, 0.5) is 13.2 Å². The number of nitrogens with zero attached hydrogens (tertiary/aromatic N) is 2. The number of alkyl halides is 3. The van der Waals surface area contributed by atoms with E-state index in [2.05, 4.69) is 11.9 Å². The van der Waals surface area contributed by atoms with Crippen molar-refractivity contribution in [2.24, 2.45) is 11.8 Å². The number of para-hydroxylation sites is 1. The van der Waals surface area contributed by atoms with Crippen molar-refractivity contribution in [2.45, 2.75) is 72.5 Å².